The van der Waals surface area contributed by atoms with Crippen LogP contribution < -0.4 is 4.74 Å². The lowest BCUT2D eigenvalue weighted by molar-refractivity contribution is 0.0868. The molecule has 1 aromatic heterocycles. The quantitative estimate of drug-likeness (QED) is 0.423. The van der Waals surface area contributed by atoms with Crippen LogP contribution >= 0.6 is 27.5 Å². The minimum atomic E-state index is -1.10. The Bertz CT molecular complexity index is 713. The maximum Gasteiger partial charge on any atom is 0.146 e. The summed E-state index contributed by atoms with van der Waals surface area (Å²) in [6.07, 6.45) is 0. The molecule has 2 rings (SSSR count). The minimum absolute atomic E-state index is 0.441. The fourth-order valence-electron chi connectivity index (χ4n) is 2.27. The lowest BCUT2D eigenvalue weighted by Gasteiger charge is -2.17. The van der Waals surface area contributed by atoms with Crippen molar-refractivity contribution in [3.63, 3.8) is 0 Å². The molecule has 1 heterocycles. The number of ether oxygens (including phenoxy) is 2. The summed E-state index contributed by atoms with van der Waals surface area (Å²) in [7, 11) is 0.543. The average molecular weight is 432 g/mol. The summed E-state index contributed by atoms with van der Waals surface area (Å²) in [4.78, 5) is 4.66. The van der Waals surface area contributed by atoms with Gasteiger partial charge in [0, 0.05) is 19.7 Å². The van der Waals surface area contributed by atoms with Gasteiger partial charge in [-0.15, -0.1) is 0 Å². The van der Waals surface area contributed by atoms with Crippen molar-refractivity contribution in [1.82, 2.24) is 9.55 Å². The van der Waals surface area contributed by atoms with E-state index in [4.69, 9.17) is 21.1 Å². The summed E-state index contributed by atoms with van der Waals surface area (Å²) in [5.41, 5.74) is 1.76. The van der Waals surface area contributed by atoms with Crippen molar-refractivity contribution >= 4 is 35.6 Å². The molecule has 2 aromatic rings. The molecule has 4 nitrogen and oxygen atoms in total. The van der Waals surface area contributed by atoms with Gasteiger partial charge in [-0.2, -0.15) is 0 Å². The fourth-order valence-corrected chi connectivity index (χ4v) is 3.55. The van der Waals surface area contributed by atoms with Crippen molar-refractivity contribution < 1.29 is 9.47 Å². The van der Waals surface area contributed by atoms with Crippen LogP contribution in [-0.2, 0) is 11.5 Å². The second-order valence-electron chi connectivity index (χ2n) is 6.93. The zero-order valence-corrected chi connectivity index (χ0v) is 18.2. The van der Waals surface area contributed by atoms with Crippen LogP contribution in [0.2, 0.25) is 30.7 Å². The van der Waals surface area contributed by atoms with Gasteiger partial charge in [-0.1, -0.05) is 31.2 Å². The molecule has 0 spiro atoms. The topological polar surface area (TPSA) is 36.3 Å². The first-order valence-corrected chi connectivity index (χ1v) is 12.7. The van der Waals surface area contributed by atoms with Crippen LogP contribution in [0, 0.1) is 6.92 Å². The van der Waals surface area contributed by atoms with Gasteiger partial charge in [0.05, 0.1) is 18.4 Å². The Morgan fingerprint density at radius 1 is 1.29 bits per heavy atom. The highest BCUT2D eigenvalue weighted by Crippen LogP contribution is 2.34. The summed E-state index contributed by atoms with van der Waals surface area (Å²) in [5.74, 6) is 1.52. The van der Waals surface area contributed by atoms with Gasteiger partial charge in [0.1, 0.15) is 22.9 Å². The molecule has 0 unspecified atom stereocenters. The van der Waals surface area contributed by atoms with E-state index in [2.05, 4.69) is 40.6 Å². The molecule has 0 saturated heterocycles. The monoisotopic (exact) mass is 430 g/mol. The van der Waals surface area contributed by atoms with Crippen LogP contribution in [0.25, 0.3) is 11.4 Å². The van der Waals surface area contributed by atoms with Crippen molar-refractivity contribution in [1.29, 1.82) is 0 Å². The van der Waals surface area contributed by atoms with Crippen LogP contribution in [0.4, 0.5) is 0 Å². The van der Waals surface area contributed by atoms with Gasteiger partial charge >= 0.3 is 0 Å². The zero-order chi connectivity index (χ0) is 17.9. The van der Waals surface area contributed by atoms with Gasteiger partial charge in [0.15, 0.2) is 0 Å². The first-order chi connectivity index (χ1) is 11.2. The molecule has 0 atom stereocenters. The van der Waals surface area contributed by atoms with Crippen molar-refractivity contribution in [2.24, 2.45) is 0 Å². The maximum atomic E-state index is 6.17. The summed E-state index contributed by atoms with van der Waals surface area (Å²) in [6, 6.07) is 6.66. The third-order valence-electron chi connectivity index (χ3n) is 3.68. The Hall–Kier alpha value is -0.823. The Labute approximate surface area is 158 Å². The van der Waals surface area contributed by atoms with E-state index in [1.54, 1.807) is 7.11 Å². The maximum absolute atomic E-state index is 6.17. The van der Waals surface area contributed by atoms with E-state index in [0.29, 0.717) is 11.8 Å². The van der Waals surface area contributed by atoms with Crippen molar-refractivity contribution in [3.8, 4) is 17.1 Å². The highest BCUT2D eigenvalue weighted by atomic mass is 79.9. The van der Waals surface area contributed by atoms with Crippen LogP contribution in [0.15, 0.2) is 22.8 Å². The Morgan fingerprint density at radius 2 is 2.00 bits per heavy atom. The summed E-state index contributed by atoms with van der Waals surface area (Å²) in [6.45, 7) is 10.2. The molecule has 0 fully saturated rings. The van der Waals surface area contributed by atoms with Crippen LogP contribution in [0.5, 0.6) is 5.75 Å². The van der Waals surface area contributed by atoms with Gasteiger partial charge in [0.2, 0.25) is 0 Å². The SMILES string of the molecule is COc1ccc(Cl)cc1-c1nc(C)c(Br)n1COCC[Si](C)(C)C. The molecule has 0 saturated carbocycles. The Kier molecular flexibility index (Phi) is 6.53. The van der Waals surface area contributed by atoms with Gasteiger partial charge < -0.3 is 9.47 Å². The Morgan fingerprint density at radius 3 is 2.62 bits per heavy atom. The molecule has 7 heteroatoms. The smallest absolute Gasteiger partial charge is 0.146 e. The molecule has 0 aliphatic heterocycles. The molecule has 24 heavy (non-hydrogen) atoms. The number of aryl methyl sites for hydroxylation is 1. The second kappa shape index (κ2) is 8.04. The number of benzene rings is 1. The third kappa shape index (κ3) is 4.85. The third-order valence-corrected chi connectivity index (χ3v) is 6.63. The van der Waals surface area contributed by atoms with Gasteiger partial charge in [-0.3, -0.25) is 4.57 Å². The second-order valence-corrected chi connectivity index (χ2v) is 13.7. The van der Waals surface area contributed by atoms with Crippen molar-refractivity contribution in [2.45, 2.75) is 39.3 Å². The normalized spacial score (nSPS) is 11.8. The van der Waals surface area contributed by atoms with Gasteiger partial charge in [0.25, 0.3) is 0 Å². The van der Waals surface area contributed by atoms with Crippen molar-refractivity contribution in [3.05, 3.63) is 33.5 Å². The number of rotatable bonds is 7. The van der Waals surface area contributed by atoms with Crippen LogP contribution in [0.1, 0.15) is 5.69 Å². The molecular formula is C17H24BrClN2O2Si. The largest absolute Gasteiger partial charge is 0.496 e. The first-order valence-electron chi connectivity index (χ1n) is 7.87. The lowest BCUT2D eigenvalue weighted by Crippen LogP contribution is -2.22. The predicted molar refractivity (Wildman–Crippen MR) is 106 cm³/mol. The van der Waals surface area contributed by atoms with E-state index >= 15 is 0 Å². The summed E-state index contributed by atoms with van der Waals surface area (Å²) >= 11 is 9.78. The van der Waals surface area contributed by atoms with Gasteiger partial charge in [-0.05, 0) is 47.1 Å². The van der Waals surface area contributed by atoms with E-state index in [9.17, 15) is 0 Å². The van der Waals surface area contributed by atoms with E-state index in [-0.39, 0.29) is 0 Å². The molecule has 0 N–H and O–H groups in total. The summed E-state index contributed by atoms with van der Waals surface area (Å²) in [5, 5.41) is 0.647. The van der Waals surface area contributed by atoms with E-state index in [1.807, 2.05) is 29.7 Å². The molecule has 0 aliphatic rings. The number of halogens is 2. The fraction of sp³-hybridized carbons (Fsp3) is 0.471. The predicted octanol–water partition coefficient (Wildman–Crippen LogP) is 5.60. The molecule has 0 aliphatic carbocycles. The molecule has 0 amide bonds. The minimum Gasteiger partial charge on any atom is -0.496 e. The van der Waals surface area contributed by atoms with Crippen molar-refractivity contribution in [2.75, 3.05) is 13.7 Å². The number of imidazole rings is 1. The summed E-state index contributed by atoms with van der Waals surface area (Å²) < 4.78 is 14.3. The van der Waals surface area contributed by atoms with Crippen LogP contribution in [-0.4, -0.2) is 31.3 Å². The molecule has 1 aromatic carbocycles. The van der Waals surface area contributed by atoms with Gasteiger partial charge in [-0.25, -0.2) is 4.98 Å². The zero-order valence-electron chi connectivity index (χ0n) is 14.8. The highest BCUT2D eigenvalue weighted by Gasteiger charge is 2.18. The average Bonchev–Trinajstić information content (AvgIpc) is 2.78. The molecule has 132 valence electrons. The van der Waals surface area contributed by atoms with Crippen LogP contribution in [0.3, 0.4) is 0 Å². The molecule has 0 bridgehead atoms. The number of nitrogens with zero attached hydrogens (tertiary/aromatic N) is 2. The molecule has 0 radical (unpaired) electrons. The number of methoxy groups -OCH3 is 1. The number of hydrogen-bond donors (Lipinski definition) is 0. The van der Waals surface area contributed by atoms with E-state index < -0.39 is 8.07 Å². The molecular weight excluding hydrogens is 408 g/mol. The lowest BCUT2D eigenvalue weighted by atomic mass is 10.2. The standard InChI is InChI=1S/C17H24BrClN2O2Si/c1-12-16(18)21(11-23-8-9-24(3,4)5)17(20-12)14-10-13(19)6-7-15(14)22-2/h6-7,10H,8-9,11H2,1-5H3. The first kappa shape index (κ1) is 19.5. The van der Waals surface area contributed by atoms with E-state index in [1.165, 1.54) is 0 Å². The van der Waals surface area contributed by atoms with E-state index in [0.717, 1.165) is 40.1 Å². The Balaban J connectivity index is 2.29. The number of hydrogen-bond acceptors (Lipinski definition) is 3. The number of aromatic nitrogens is 2. The highest BCUT2D eigenvalue weighted by molar-refractivity contribution is 9.10.